The zero-order valence-electron chi connectivity index (χ0n) is 13.1. The van der Waals surface area contributed by atoms with Crippen LogP contribution < -0.4 is 5.73 Å². The number of carbonyl (C=O) groups excluding carboxylic acids is 1. The van der Waals surface area contributed by atoms with Crippen molar-refractivity contribution in [3.8, 4) is 0 Å². The van der Waals surface area contributed by atoms with Crippen molar-refractivity contribution in [1.29, 1.82) is 0 Å². The Balaban J connectivity index is 2.00. The molecule has 1 saturated carbocycles. The van der Waals surface area contributed by atoms with Crippen LogP contribution in [0, 0.1) is 5.41 Å². The van der Waals surface area contributed by atoms with Crippen molar-refractivity contribution in [3.63, 3.8) is 0 Å². The number of amides is 1. The van der Waals surface area contributed by atoms with Crippen LogP contribution in [0.4, 0.5) is 0 Å². The molecule has 0 spiro atoms. The van der Waals surface area contributed by atoms with E-state index in [4.69, 9.17) is 5.73 Å². The maximum Gasteiger partial charge on any atom is 0.311 e. The van der Waals surface area contributed by atoms with Gasteiger partial charge in [0.1, 0.15) is 0 Å². The van der Waals surface area contributed by atoms with E-state index in [1.54, 1.807) is 4.90 Å². The molecule has 1 unspecified atom stereocenters. The van der Waals surface area contributed by atoms with Gasteiger partial charge in [-0.3, -0.25) is 9.59 Å². The fraction of sp³-hybridized carbons (Fsp3) is 0.875. The van der Waals surface area contributed by atoms with Crippen LogP contribution in [0.2, 0.25) is 0 Å². The van der Waals surface area contributed by atoms with Crippen molar-refractivity contribution in [2.24, 2.45) is 11.1 Å². The minimum Gasteiger partial charge on any atom is -0.481 e. The summed E-state index contributed by atoms with van der Waals surface area (Å²) in [6, 6.07) is 0. The molecule has 120 valence electrons. The second-order valence-electron chi connectivity index (χ2n) is 6.96. The highest BCUT2D eigenvalue weighted by Gasteiger charge is 2.43. The highest BCUT2D eigenvalue weighted by atomic mass is 16.4. The first-order chi connectivity index (χ1) is 9.91. The van der Waals surface area contributed by atoms with Crippen molar-refractivity contribution in [2.75, 3.05) is 13.1 Å². The predicted molar refractivity (Wildman–Crippen MR) is 80.8 cm³/mol. The average molecular weight is 296 g/mol. The molecule has 1 heterocycles. The van der Waals surface area contributed by atoms with Gasteiger partial charge in [0.2, 0.25) is 5.91 Å². The average Bonchev–Trinajstić information content (AvgIpc) is 2.47. The Morgan fingerprint density at radius 3 is 2.38 bits per heavy atom. The van der Waals surface area contributed by atoms with Crippen molar-refractivity contribution in [1.82, 2.24) is 4.90 Å². The molecule has 0 bridgehead atoms. The van der Waals surface area contributed by atoms with E-state index in [1.165, 1.54) is 6.42 Å². The number of nitrogens with zero attached hydrogens (tertiary/aromatic N) is 1. The third-order valence-corrected chi connectivity index (χ3v) is 5.41. The zero-order valence-corrected chi connectivity index (χ0v) is 13.1. The summed E-state index contributed by atoms with van der Waals surface area (Å²) in [7, 11) is 0. The van der Waals surface area contributed by atoms with E-state index in [1.807, 2.05) is 6.92 Å². The molecule has 0 radical (unpaired) electrons. The third-order valence-electron chi connectivity index (χ3n) is 5.41. The van der Waals surface area contributed by atoms with Gasteiger partial charge in [-0.2, -0.15) is 0 Å². The zero-order chi connectivity index (χ0) is 15.5. The molecule has 1 aliphatic carbocycles. The number of aliphatic carboxylic acids is 1. The Morgan fingerprint density at radius 1 is 1.14 bits per heavy atom. The smallest absolute Gasteiger partial charge is 0.311 e. The first kappa shape index (κ1) is 16.3. The minimum atomic E-state index is -0.775. The van der Waals surface area contributed by atoms with Crippen LogP contribution >= 0.6 is 0 Å². The number of carboxylic acids is 1. The number of carboxylic acid groups (broad SMARTS) is 1. The number of rotatable bonds is 4. The molecule has 2 rings (SSSR count). The molecule has 0 aromatic rings. The van der Waals surface area contributed by atoms with Crippen molar-refractivity contribution < 1.29 is 14.7 Å². The Kier molecular flexibility index (Phi) is 4.91. The van der Waals surface area contributed by atoms with Gasteiger partial charge in [-0.15, -0.1) is 0 Å². The molecule has 5 nitrogen and oxygen atoms in total. The monoisotopic (exact) mass is 296 g/mol. The van der Waals surface area contributed by atoms with Gasteiger partial charge in [-0.25, -0.2) is 0 Å². The van der Waals surface area contributed by atoms with Crippen LogP contribution in [0.5, 0.6) is 0 Å². The lowest BCUT2D eigenvalue weighted by Crippen LogP contribution is -2.53. The van der Waals surface area contributed by atoms with Gasteiger partial charge in [-0.05, 0) is 32.1 Å². The molecular formula is C16H28N2O3. The summed E-state index contributed by atoms with van der Waals surface area (Å²) in [5.74, 6) is -0.735. The van der Waals surface area contributed by atoms with Crippen molar-refractivity contribution >= 4 is 11.9 Å². The summed E-state index contributed by atoms with van der Waals surface area (Å²) >= 11 is 0. The van der Waals surface area contributed by atoms with Crippen LogP contribution in [0.3, 0.4) is 0 Å². The molecule has 3 N–H and O–H groups in total. The van der Waals surface area contributed by atoms with Gasteiger partial charge in [-0.1, -0.05) is 26.2 Å². The summed E-state index contributed by atoms with van der Waals surface area (Å²) in [5.41, 5.74) is 5.23. The van der Waals surface area contributed by atoms with E-state index in [9.17, 15) is 14.7 Å². The summed E-state index contributed by atoms with van der Waals surface area (Å²) in [6.45, 7) is 2.91. The summed E-state index contributed by atoms with van der Waals surface area (Å²) in [4.78, 5) is 25.9. The summed E-state index contributed by atoms with van der Waals surface area (Å²) < 4.78 is 0. The highest BCUT2D eigenvalue weighted by Crippen LogP contribution is 2.35. The summed E-state index contributed by atoms with van der Waals surface area (Å²) in [6.07, 6.45) is 7.57. The standard InChI is InChI=1S/C16H28N2O3/c1-2-15(14(20)21)7-6-10-18(12-15)13(19)11-16(17)8-4-3-5-9-16/h2-12,17H2,1H3,(H,20,21). The van der Waals surface area contributed by atoms with Gasteiger partial charge >= 0.3 is 5.97 Å². The second-order valence-corrected chi connectivity index (χ2v) is 6.96. The quantitative estimate of drug-likeness (QED) is 0.832. The fourth-order valence-corrected chi connectivity index (χ4v) is 3.80. The molecule has 1 saturated heterocycles. The third kappa shape index (κ3) is 3.57. The predicted octanol–water partition coefficient (Wildman–Crippen LogP) is 2.14. The van der Waals surface area contributed by atoms with Crippen LogP contribution in [-0.2, 0) is 9.59 Å². The lowest BCUT2D eigenvalue weighted by molar-refractivity contribution is -0.155. The maximum atomic E-state index is 12.6. The maximum absolute atomic E-state index is 12.6. The first-order valence-corrected chi connectivity index (χ1v) is 8.21. The lowest BCUT2D eigenvalue weighted by atomic mass is 9.76. The van der Waals surface area contributed by atoms with E-state index >= 15 is 0 Å². The second kappa shape index (κ2) is 6.34. The SMILES string of the molecule is CCC1(C(=O)O)CCCN(C(=O)CC2(N)CCCCC2)C1. The van der Waals surface area contributed by atoms with E-state index < -0.39 is 11.4 Å². The minimum absolute atomic E-state index is 0.0400. The number of hydrogen-bond acceptors (Lipinski definition) is 3. The molecule has 1 atom stereocenters. The normalized spacial score (nSPS) is 29.1. The van der Waals surface area contributed by atoms with Gasteiger partial charge in [0, 0.05) is 25.0 Å². The Hall–Kier alpha value is -1.10. The number of nitrogens with two attached hydrogens (primary N) is 1. The molecule has 5 heteroatoms. The van der Waals surface area contributed by atoms with Gasteiger partial charge in [0.05, 0.1) is 5.41 Å². The topological polar surface area (TPSA) is 83.6 Å². The number of likely N-dealkylation sites (tertiary alicyclic amines) is 1. The molecule has 2 aliphatic rings. The Bertz CT molecular complexity index is 404. The van der Waals surface area contributed by atoms with Gasteiger partial charge < -0.3 is 15.7 Å². The first-order valence-electron chi connectivity index (χ1n) is 8.21. The molecule has 1 amide bonds. The molecular weight excluding hydrogens is 268 g/mol. The largest absolute Gasteiger partial charge is 0.481 e. The lowest BCUT2D eigenvalue weighted by Gasteiger charge is -2.41. The van der Waals surface area contributed by atoms with Crippen molar-refractivity contribution in [3.05, 3.63) is 0 Å². The summed E-state index contributed by atoms with van der Waals surface area (Å²) in [5, 5.41) is 9.50. The number of carbonyl (C=O) groups is 2. The Morgan fingerprint density at radius 2 is 1.81 bits per heavy atom. The van der Waals surface area contributed by atoms with E-state index in [-0.39, 0.29) is 11.4 Å². The molecule has 0 aromatic carbocycles. The highest BCUT2D eigenvalue weighted by molar-refractivity contribution is 5.80. The van der Waals surface area contributed by atoms with E-state index in [0.717, 1.165) is 32.1 Å². The molecule has 2 fully saturated rings. The van der Waals surface area contributed by atoms with E-state index in [0.29, 0.717) is 32.4 Å². The van der Waals surface area contributed by atoms with Crippen LogP contribution in [0.15, 0.2) is 0 Å². The van der Waals surface area contributed by atoms with E-state index in [2.05, 4.69) is 0 Å². The van der Waals surface area contributed by atoms with Crippen LogP contribution in [0.25, 0.3) is 0 Å². The van der Waals surface area contributed by atoms with Gasteiger partial charge in [0.25, 0.3) is 0 Å². The molecule has 21 heavy (non-hydrogen) atoms. The van der Waals surface area contributed by atoms with Crippen molar-refractivity contribution in [2.45, 2.75) is 70.3 Å². The Labute approximate surface area is 126 Å². The van der Waals surface area contributed by atoms with Crippen LogP contribution in [0.1, 0.15) is 64.7 Å². The molecule has 0 aromatic heterocycles. The molecule has 1 aliphatic heterocycles. The number of piperidine rings is 1. The number of hydrogen-bond donors (Lipinski definition) is 2. The van der Waals surface area contributed by atoms with Gasteiger partial charge in [0.15, 0.2) is 0 Å². The fourth-order valence-electron chi connectivity index (χ4n) is 3.80. The van der Waals surface area contributed by atoms with Crippen LogP contribution in [-0.4, -0.2) is 40.5 Å².